The fourth-order valence-corrected chi connectivity index (χ4v) is 3.63. The summed E-state index contributed by atoms with van der Waals surface area (Å²) in [6, 6.07) is -0.347. The van der Waals surface area contributed by atoms with Crippen LogP contribution < -0.4 is 0 Å². The first-order chi connectivity index (χ1) is 12.0. The molecule has 0 N–H and O–H groups in total. The van der Waals surface area contributed by atoms with E-state index in [9.17, 15) is 9.59 Å². The molecule has 0 radical (unpaired) electrons. The molecule has 0 aromatic heterocycles. The van der Waals surface area contributed by atoms with Gasteiger partial charge in [0.25, 0.3) is 0 Å². The van der Waals surface area contributed by atoms with Gasteiger partial charge < -0.3 is 0 Å². The minimum absolute atomic E-state index is 0.239. The molecular weight excluding hydrogens is 316 g/mol. The van der Waals surface area contributed by atoms with Crippen molar-refractivity contribution in [2.75, 3.05) is 20.6 Å². The van der Waals surface area contributed by atoms with Crippen LogP contribution in [0.1, 0.15) is 45.4 Å². The number of rotatable bonds is 4. The Balaban J connectivity index is 1.85. The number of carbonyl (C=O) groups is 2. The molecule has 1 aliphatic carbocycles. The van der Waals surface area contributed by atoms with E-state index < -0.39 is 5.92 Å². The van der Waals surface area contributed by atoms with Gasteiger partial charge in [0.05, 0.1) is 5.71 Å². The average molecular weight is 342 g/mol. The van der Waals surface area contributed by atoms with Crippen molar-refractivity contribution in [2.45, 2.75) is 45.4 Å². The summed E-state index contributed by atoms with van der Waals surface area (Å²) in [5.41, 5.74) is 3.23. The van der Waals surface area contributed by atoms with Crippen LogP contribution in [0.3, 0.4) is 0 Å². The van der Waals surface area contributed by atoms with E-state index in [4.69, 9.17) is 4.99 Å². The third kappa shape index (κ3) is 3.30. The number of carbonyl (C=O) groups excluding carboxylic acids is 2. The third-order valence-corrected chi connectivity index (χ3v) is 5.19. The van der Waals surface area contributed by atoms with Crippen LogP contribution in [0.5, 0.6) is 0 Å². The van der Waals surface area contributed by atoms with Crippen LogP contribution >= 0.6 is 0 Å². The molecule has 2 heterocycles. The zero-order valence-electron chi connectivity index (χ0n) is 15.3. The van der Waals surface area contributed by atoms with Gasteiger partial charge in [-0.3, -0.25) is 19.6 Å². The molecule has 1 saturated heterocycles. The predicted molar refractivity (Wildman–Crippen MR) is 98.7 cm³/mol. The Hall–Kier alpha value is -2.24. The zero-order chi connectivity index (χ0) is 18.0. The maximum atomic E-state index is 12.7. The molecule has 0 bridgehead atoms. The monoisotopic (exact) mass is 342 g/mol. The average Bonchev–Trinajstić information content (AvgIpc) is 2.65. The van der Waals surface area contributed by atoms with Gasteiger partial charge in [-0.05, 0) is 44.1 Å². The van der Waals surface area contributed by atoms with Crippen molar-refractivity contribution in [1.82, 2.24) is 9.80 Å². The lowest BCUT2D eigenvalue weighted by Gasteiger charge is -2.38. The zero-order valence-corrected chi connectivity index (χ0v) is 15.3. The molecule has 1 atom stereocenters. The Bertz CT molecular complexity index is 702. The maximum absolute atomic E-state index is 12.7. The summed E-state index contributed by atoms with van der Waals surface area (Å²) in [5, 5.41) is 0. The van der Waals surface area contributed by atoms with E-state index >= 15 is 0 Å². The minimum Gasteiger partial charge on any atom is -0.288 e. The van der Waals surface area contributed by atoms with Gasteiger partial charge >= 0.3 is 6.03 Å². The van der Waals surface area contributed by atoms with Gasteiger partial charge in [0.2, 0.25) is 5.91 Å². The van der Waals surface area contributed by atoms with Gasteiger partial charge in [-0.2, -0.15) is 0 Å². The lowest BCUT2D eigenvalue weighted by atomic mass is 9.89. The highest BCUT2D eigenvalue weighted by Crippen LogP contribution is 2.27. The van der Waals surface area contributed by atoms with E-state index in [1.54, 1.807) is 13.2 Å². The number of allylic oxidation sites excluding steroid dienone is 2. The summed E-state index contributed by atoms with van der Waals surface area (Å²) >= 11 is 0. The normalized spacial score (nSPS) is 25.6. The summed E-state index contributed by atoms with van der Waals surface area (Å²) in [7, 11) is 3.18. The second kappa shape index (κ2) is 7.33. The first kappa shape index (κ1) is 17.6. The van der Waals surface area contributed by atoms with Gasteiger partial charge in [0.1, 0.15) is 11.8 Å². The van der Waals surface area contributed by atoms with Gasteiger partial charge in [-0.1, -0.05) is 18.6 Å². The largest absolute Gasteiger partial charge is 0.331 e. The van der Waals surface area contributed by atoms with E-state index in [-0.39, 0.29) is 11.9 Å². The molecule has 134 valence electrons. The predicted octanol–water partition coefficient (Wildman–Crippen LogP) is 3.16. The highest BCUT2D eigenvalue weighted by Gasteiger charge is 2.45. The van der Waals surface area contributed by atoms with Crippen molar-refractivity contribution in [3.63, 3.8) is 0 Å². The summed E-state index contributed by atoms with van der Waals surface area (Å²) in [5.74, 6) is -0.314. The van der Waals surface area contributed by atoms with Crippen molar-refractivity contribution in [1.29, 1.82) is 0 Å². The number of hydrogen-bond donors (Lipinski definition) is 0. The summed E-state index contributed by atoms with van der Waals surface area (Å²) in [6.45, 7) is 2.72. The molecule has 3 rings (SSSR count). The molecule has 0 aromatic rings. The topological polar surface area (TPSA) is 65.3 Å². The van der Waals surface area contributed by atoms with Gasteiger partial charge in [-0.15, -0.1) is 0 Å². The van der Waals surface area contributed by atoms with Crippen LogP contribution in [0.2, 0.25) is 0 Å². The van der Waals surface area contributed by atoms with Crippen LogP contribution in [0.15, 0.2) is 33.4 Å². The Morgan fingerprint density at radius 3 is 2.72 bits per heavy atom. The van der Waals surface area contributed by atoms with E-state index in [2.05, 4.69) is 11.1 Å². The Kier molecular flexibility index (Phi) is 5.16. The molecule has 2 aliphatic heterocycles. The minimum atomic E-state index is -0.562. The molecule has 0 aromatic carbocycles. The summed E-state index contributed by atoms with van der Waals surface area (Å²) in [6.07, 6.45) is 10.7. The van der Waals surface area contributed by atoms with Crippen LogP contribution in [0.4, 0.5) is 4.79 Å². The standard InChI is InChI=1S/C19H26N4O2/c1-4-14-12-21-17-15(18(24)23(3)19(25)22(17)2)16(14)20-11-10-13-8-6-5-7-9-13/h8,12,15H,4-7,9-11H2,1-3H3. The first-order valence-corrected chi connectivity index (χ1v) is 9.09. The SMILES string of the molecule is CCC1=CN=C2C(C(=O)N(C)C(=O)N2C)C1=NCCC1=CCCCC1. The number of amides is 3. The number of amidine groups is 1. The van der Waals surface area contributed by atoms with Crippen molar-refractivity contribution in [3.8, 4) is 0 Å². The number of fused-ring (bicyclic) bond motifs is 1. The Labute approximate surface area is 149 Å². The second-order valence-electron chi connectivity index (χ2n) is 6.79. The molecule has 1 fully saturated rings. The van der Waals surface area contributed by atoms with E-state index in [1.807, 2.05) is 6.92 Å². The molecule has 3 amide bonds. The van der Waals surface area contributed by atoms with Gasteiger partial charge in [0.15, 0.2) is 0 Å². The summed E-state index contributed by atoms with van der Waals surface area (Å²) < 4.78 is 0. The second-order valence-corrected chi connectivity index (χ2v) is 6.79. The van der Waals surface area contributed by atoms with E-state index in [0.29, 0.717) is 12.4 Å². The molecule has 1 unspecified atom stereocenters. The van der Waals surface area contributed by atoms with Gasteiger partial charge in [-0.25, -0.2) is 9.79 Å². The van der Waals surface area contributed by atoms with Gasteiger partial charge in [0, 0.05) is 26.8 Å². The molecule has 3 aliphatic rings. The number of imide groups is 1. The van der Waals surface area contributed by atoms with Crippen molar-refractivity contribution in [3.05, 3.63) is 23.4 Å². The molecule has 25 heavy (non-hydrogen) atoms. The van der Waals surface area contributed by atoms with E-state index in [0.717, 1.165) is 30.5 Å². The van der Waals surface area contributed by atoms with Crippen molar-refractivity contribution in [2.24, 2.45) is 15.9 Å². The Morgan fingerprint density at radius 2 is 2.04 bits per heavy atom. The highest BCUT2D eigenvalue weighted by atomic mass is 16.2. The quantitative estimate of drug-likeness (QED) is 0.737. The number of urea groups is 1. The van der Waals surface area contributed by atoms with Crippen molar-refractivity contribution < 1.29 is 9.59 Å². The third-order valence-electron chi connectivity index (χ3n) is 5.19. The van der Waals surface area contributed by atoms with Crippen LogP contribution in [0, 0.1) is 5.92 Å². The Morgan fingerprint density at radius 1 is 1.24 bits per heavy atom. The maximum Gasteiger partial charge on any atom is 0.331 e. The van der Waals surface area contributed by atoms with Crippen LogP contribution in [-0.2, 0) is 4.79 Å². The summed E-state index contributed by atoms with van der Waals surface area (Å²) in [4.78, 5) is 36.7. The fourth-order valence-electron chi connectivity index (χ4n) is 3.63. The lowest BCUT2D eigenvalue weighted by molar-refractivity contribution is -0.128. The van der Waals surface area contributed by atoms with Crippen molar-refractivity contribution >= 4 is 23.5 Å². The molecule has 6 nitrogen and oxygen atoms in total. The van der Waals surface area contributed by atoms with Crippen LogP contribution in [0.25, 0.3) is 0 Å². The first-order valence-electron chi connectivity index (χ1n) is 9.09. The lowest BCUT2D eigenvalue weighted by Crippen LogP contribution is -2.59. The molecule has 0 spiro atoms. The smallest absolute Gasteiger partial charge is 0.288 e. The number of hydrogen-bond acceptors (Lipinski definition) is 4. The highest BCUT2D eigenvalue weighted by molar-refractivity contribution is 6.33. The fraction of sp³-hybridized carbons (Fsp3) is 0.579. The molecule has 6 heteroatoms. The molecular formula is C19H26N4O2. The van der Waals surface area contributed by atoms with Crippen LogP contribution in [-0.4, -0.2) is 53.9 Å². The number of aliphatic imine (C=N–C) groups is 2. The number of nitrogens with zero attached hydrogens (tertiary/aromatic N) is 4. The van der Waals surface area contributed by atoms with E-state index in [1.165, 1.54) is 41.7 Å². The molecule has 0 saturated carbocycles.